The van der Waals surface area contributed by atoms with E-state index in [1.54, 1.807) is 0 Å². The molecule has 19 heavy (non-hydrogen) atoms. The van der Waals surface area contributed by atoms with Crippen molar-refractivity contribution in [3.05, 3.63) is 41.5 Å². The van der Waals surface area contributed by atoms with Gasteiger partial charge in [-0.2, -0.15) is 0 Å². The Morgan fingerprint density at radius 1 is 1.37 bits per heavy atom. The van der Waals surface area contributed by atoms with Gasteiger partial charge < -0.3 is 9.64 Å². The summed E-state index contributed by atoms with van der Waals surface area (Å²) < 4.78 is 4.72. The lowest BCUT2D eigenvalue weighted by atomic mass is 9.88. The molecule has 0 radical (unpaired) electrons. The van der Waals surface area contributed by atoms with Crippen LogP contribution in [0.15, 0.2) is 30.3 Å². The molecule has 4 heteroatoms. The largest absolute Gasteiger partial charge is 0.466 e. The van der Waals surface area contributed by atoms with Crippen molar-refractivity contribution in [3.8, 4) is 0 Å². The summed E-state index contributed by atoms with van der Waals surface area (Å²) in [4.78, 5) is 25.8. The summed E-state index contributed by atoms with van der Waals surface area (Å²) in [6.07, 6.45) is 3.40. The molecule has 1 atom stereocenters. The molecule has 1 unspecified atom stereocenters. The van der Waals surface area contributed by atoms with E-state index >= 15 is 0 Å². The number of carbonyl (C=O) groups is 2. The highest BCUT2D eigenvalue weighted by Gasteiger charge is 2.38. The van der Waals surface area contributed by atoms with Crippen LogP contribution in [0.1, 0.15) is 28.8 Å². The van der Waals surface area contributed by atoms with E-state index in [-0.39, 0.29) is 17.9 Å². The van der Waals surface area contributed by atoms with Crippen LogP contribution in [0.4, 0.5) is 0 Å². The number of rotatable bonds is 1. The van der Waals surface area contributed by atoms with Gasteiger partial charge in [0.05, 0.1) is 13.2 Å². The predicted molar refractivity (Wildman–Crippen MR) is 70.5 cm³/mol. The van der Waals surface area contributed by atoms with Crippen molar-refractivity contribution in [1.29, 1.82) is 0 Å². The highest BCUT2D eigenvalue weighted by Crippen LogP contribution is 2.37. The number of benzene rings is 1. The Hall–Kier alpha value is -2.10. The van der Waals surface area contributed by atoms with Gasteiger partial charge in [0, 0.05) is 18.2 Å². The normalized spacial score (nSPS) is 23.2. The summed E-state index contributed by atoms with van der Waals surface area (Å²) in [5, 5.41) is 0. The highest BCUT2D eigenvalue weighted by molar-refractivity contribution is 6.06. The molecule has 0 spiro atoms. The molecule has 2 aliphatic heterocycles. The highest BCUT2D eigenvalue weighted by atomic mass is 16.5. The molecule has 0 aromatic heterocycles. The Labute approximate surface area is 111 Å². The zero-order chi connectivity index (χ0) is 13.4. The quantitative estimate of drug-likeness (QED) is 0.570. The van der Waals surface area contributed by atoms with E-state index in [1.165, 1.54) is 13.2 Å². The lowest BCUT2D eigenvalue weighted by Gasteiger charge is -2.33. The van der Waals surface area contributed by atoms with Crippen LogP contribution in [0.3, 0.4) is 0 Å². The van der Waals surface area contributed by atoms with Crippen LogP contribution in [0.5, 0.6) is 0 Å². The average Bonchev–Trinajstić information content (AvgIpc) is 2.92. The molecule has 1 amide bonds. The van der Waals surface area contributed by atoms with Crippen molar-refractivity contribution in [2.45, 2.75) is 18.9 Å². The molecule has 2 heterocycles. The summed E-state index contributed by atoms with van der Waals surface area (Å²) in [5.41, 5.74) is 2.44. The van der Waals surface area contributed by atoms with Crippen molar-refractivity contribution in [3.63, 3.8) is 0 Å². The van der Waals surface area contributed by atoms with Crippen LogP contribution >= 0.6 is 0 Å². The molecule has 0 aliphatic carbocycles. The Balaban J connectivity index is 2.16. The van der Waals surface area contributed by atoms with Gasteiger partial charge >= 0.3 is 5.97 Å². The summed E-state index contributed by atoms with van der Waals surface area (Å²) >= 11 is 0. The summed E-state index contributed by atoms with van der Waals surface area (Å²) in [7, 11) is 1.37. The van der Waals surface area contributed by atoms with Gasteiger partial charge in [-0.3, -0.25) is 4.79 Å². The molecule has 0 N–H and O–H groups in total. The number of ether oxygens (including phenoxy) is 1. The maximum absolute atomic E-state index is 12.4. The molecule has 4 nitrogen and oxygen atoms in total. The van der Waals surface area contributed by atoms with E-state index in [0.29, 0.717) is 5.56 Å². The van der Waals surface area contributed by atoms with Crippen LogP contribution in [0.25, 0.3) is 5.57 Å². The molecule has 98 valence electrons. The topological polar surface area (TPSA) is 46.6 Å². The van der Waals surface area contributed by atoms with Crippen molar-refractivity contribution in [2.75, 3.05) is 13.7 Å². The lowest BCUT2D eigenvalue weighted by molar-refractivity contribution is -0.134. The number of fused-ring (bicyclic) bond motifs is 2. The monoisotopic (exact) mass is 257 g/mol. The van der Waals surface area contributed by atoms with E-state index in [9.17, 15) is 9.59 Å². The zero-order valence-corrected chi connectivity index (χ0v) is 10.8. The lowest BCUT2D eigenvalue weighted by Crippen LogP contribution is -2.40. The first-order chi connectivity index (χ1) is 9.22. The number of methoxy groups -OCH3 is 1. The third-order valence-corrected chi connectivity index (χ3v) is 3.82. The smallest absolute Gasteiger partial charge is 0.330 e. The molecule has 2 aliphatic rings. The van der Waals surface area contributed by atoms with Gasteiger partial charge in [0.25, 0.3) is 5.91 Å². The summed E-state index contributed by atoms with van der Waals surface area (Å²) in [6, 6.07) is 7.47. The van der Waals surface area contributed by atoms with E-state index < -0.39 is 0 Å². The van der Waals surface area contributed by atoms with Crippen LogP contribution in [0.2, 0.25) is 0 Å². The van der Waals surface area contributed by atoms with E-state index in [2.05, 4.69) is 0 Å². The van der Waals surface area contributed by atoms with Crippen LogP contribution in [-0.4, -0.2) is 36.5 Å². The van der Waals surface area contributed by atoms with Gasteiger partial charge in [-0.25, -0.2) is 4.79 Å². The predicted octanol–water partition coefficient (Wildman–Crippen LogP) is 1.86. The van der Waals surface area contributed by atoms with E-state index in [1.807, 2.05) is 29.2 Å². The molecule has 1 aromatic rings. The molecule has 0 saturated carbocycles. The fourth-order valence-electron chi connectivity index (χ4n) is 2.95. The number of hydrogen-bond donors (Lipinski definition) is 0. The number of esters is 1. The molecule has 0 bridgehead atoms. The molecule has 3 rings (SSSR count). The second-order valence-corrected chi connectivity index (χ2v) is 4.82. The number of amides is 1. The molecule has 1 saturated heterocycles. The van der Waals surface area contributed by atoms with Crippen LogP contribution in [0, 0.1) is 0 Å². The van der Waals surface area contributed by atoms with Gasteiger partial charge in [0.2, 0.25) is 0 Å². The molecular formula is C15H15NO3. The minimum atomic E-state index is -0.369. The first-order valence-corrected chi connectivity index (χ1v) is 6.42. The van der Waals surface area contributed by atoms with Crippen LogP contribution in [-0.2, 0) is 9.53 Å². The fourth-order valence-corrected chi connectivity index (χ4v) is 2.95. The Kier molecular flexibility index (Phi) is 2.85. The second-order valence-electron chi connectivity index (χ2n) is 4.82. The standard InChI is InChI=1S/C15H15NO3/c1-19-14(17)9-12-10-5-2-3-6-11(10)15(18)16-8-4-7-13(12)16/h2-3,5-6,9,13H,4,7-8H2,1H3/b12-9-. The number of nitrogens with zero attached hydrogens (tertiary/aromatic N) is 1. The van der Waals surface area contributed by atoms with Gasteiger partial charge in [-0.15, -0.1) is 0 Å². The number of carbonyl (C=O) groups excluding carboxylic acids is 2. The minimum Gasteiger partial charge on any atom is -0.466 e. The van der Waals surface area contributed by atoms with Gasteiger partial charge in [-0.1, -0.05) is 18.2 Å². The van der Waals surface area contributed by atoms with Crippen molar-refractivity contribution >= 4 is 17.4 Å². The third-order valence-electron chi connectivity index (χ3n) is 3.82. The maximum atomic E-state index is 12.4. The molecule has 1 fully saturated rings. The van der Waals surface area contributed by atoms with E-state index in [4.69, 9.17) is 4.74 Å². The van der Waals surface area contributed by atoms with Crippen molar-refractivity contribution in [2.24, 2.45) is 0 Å². The summed E-state index contributed by atoms with van der Waals surface area (Å²) in [5.74, 6) is -0.300. The molecule has 1 aromatic carbocycles. The zero-order valence-electron chi connectivity index (χ0n) is 10.8. The van der Waals surface area contributed by atoms with Crippen LogP contribution < -0.4 is 0 Å². The SMILES string of the molecule is COC(=O)/C=C1/c2ccccc2C(=O)N2CCCC12. The Bertz CT molecular complexity index is 577. The maximum Gasteiger partial charge on any atom is 0.330 e. The molecular weight excluding hydrogens is 242 g/mol. The van der Waals surface area contributed by atoms with Gasteiger partial charge in [0.1, 0.15) is 0 Å². The van der Waals surface area contributed by atoms with Gasteiger partial charge in [0.15, 0.2) is 0 Å². The third kappa shape index (κ3) is 1.84. The van der Waals surface area contributed by atoms with Crippen molar-refractivity contribution < 1.29 is 14.3 Å². The first kappa shape index (κ1) is 12.0. The summed E-state index contributed by atoms with van der Waals surface area (Å²) in [6.45, 7) is 0.760. The van der Waals surface area contributed by atoms with Crippen molar-refractivity contribution in [1.82, 2.24) is 4.90 Å². The first-order valence-electron chi connectivity index (χ1n) is 6.42. The Morgan fingerprint density at radius 3 is 2.84 bits per heavy atom. The second kappa shape index (κ2) is 4.53. The number of hydrogen-bond acceptors (Lipinski definition) is 3. The van der Waals surface area contributed by atoms with E-state index in [0.717, 1.165) is 30.5 Å². The Morgan fingerprint density at radius 2 is 2.11 bits per heavy atom. The minimum absolute atomic E-state index is 0.0153. The average molecular weight is 257 g/mol. The van der Waals surface area contributed by atoms with Gasteiger partial charge in [-0.05, 0) is 30.0 Å². The fraction of sp³-hybridized carbons (Fsp3) is 0.333.